The summed E-state index contributed by atoms with van der Waals surface area (Å²) in [6.45, 7) is 11.6. The zero-order chi connectivity index (χ0) is 20.9. The molecule has 1 heterocycles. The van der Waals surface area contributed by atoms with E-state index in [2.05, 4.69) is 41.4 Å². The van der Waals surface area contributed by atoms with Gasteiger partial charge in [-0.15, -0.1) is 24.0 Å². The van der Waals surface area contributed by atoms with Gasteiger partial charge >= 0.3 is 0 Å². The largest absolute Gasteiger partial charge is 0.443 e. The lowest BCUT2D eigenvalue weighted by Gasteiger charge is -2.13. The molecule has 0 aliphatic heterocycles. The highest BCUT2D eigenvalue weighted by molar-refractivity contribution is 14.0. The van der Waals surface area contributed by atoms with Crippen LogP contribution in [0.4, 0.5) is 0 Å². The summed E-state index contributed by atoms with van der Waals surface area (Å²) in [6, 6.07) is 5.28. The molecule has 0 atom stereocenters. The van der Waals surface area contributed by atoms with E-state index in [0.29, 0.717) is 29.8 Å². The lowest BCUT2D eigenvalue weighted by atomic mass is 9.94. The molecule has 0 spiro atoms. The third-order valence-corrected chi connectivity index (χ3v) is 5.36. The van der Waals surface area contributed by atoms with E-state index in [9.17, 15) is 8.42 Å². The first-order chi connectivity index (χ1) is 13.0. The van der Waals surface area contributed by atoms with Crippen LogP contribution in [0.15, 0.2) is 38.7 Å². The van der Waals surface area contributed by atoms with Crippen LogP contribution in [0, 0.1) is 6.92 Å². The number of sulfone groups is 1. The predicted molar refractivity (Wildman–Crippen MR) is 127 cm³/mol. The quantitative estimate of drug-likeness (QED) is 0.334. The maximum Gasteiger partial charge on any atom is 0.213 e. The highest BCUT2D eigenvalue weighted by atomic mass is 127. The molecule has 1 aromatic heterocycles. The second-order valence-electron chi connectivity index (χ2n) is 7.79. The molecule has 2 aromatic rings. The number of hydrogen-bond donors (Lipinski definition) is 2. The summed E-state index contributed by atoms with van der Waals surface area (Å²) in [5, 5.41) is 6.39. The van der Waals surface area contributed by atoms with Gasteiger partial charge in [0.1, 0.15) is 5.76 Å². The molecule has 1 aromatic carbocycles. The second kappa shape index (κ2) is 10.4. The summed E-state index contributed by atoms with van der Waals surface area (Å²) in [6.07, 6.45) is 2.97. The number of hydrogen-bond acceptors (Lipinski definition) is 5. The van der Waals surface area contributed by atoms with E-state index in [0.717, 1.165) is 23.4 Å². The molecule has 2 N–H and O–H groups in total. The highest BCUT2D eigenvalue weighted by Gasteiger charge is 2.19. The summed E-state index contributed by atoms with van der Waals surface area (Å²) in [7, 11) is -3.22. The van der Waals surface area contributed by atoms with Crippen molar-refractivity contribution in [3.63, 3.8) is 0 Å². The molecular weight excluding hydrogens is 503 g/mol. The summed E-state index contributed by atoms with van der Waals surface area (Å²) < 4.78 is 29.3. The van der Waals surface area contributed by atoms with Gasteiger partial charge < -0.3 is 15.1 Å². The molecule has 29 heavy (non-hydrogen) atoms. The van der Waals surface area contributed by atoms with Gasteiger partial charge in [0, 0.05) is 18.2 Å². The molecule has 0 aliphatic rings. The number of aryl methyl sites for hydroxylation is 1. The molecule has 162 valence electrons. The van der Waals surface area contributed by atoms with Gasteiger partial charge in [0.15, 0.2) is 15.8 Å². The molecule has 0 fully saturated rings. The van der Waals surface area contributed by atoms with Gasteiger partial charge in [0.25, 0.3) is 0 Å². The first-order valence-corrected chi connectivity index (χ1v) is 11.2. The number of nitrogens with zero attached hydrogens (tertiary/aromatic N) is 2. The summed E-state index contributed by atoms with van der Waals surface area (Å²) in [5.74, 6) is 2.08. The molecule has 0 radical (unpaired) electrons. The predicted octanol–water partition coefficient (Wildman–Crippen LogP) is 3.56. The van der Waals surface area contributed by atoms with E-state index in [-0.39, 0.29) is 29.4 Å². The Balaban J connectivity index is 0.00000420. The van der Waals surface area contributed by atoms with E-state index < -0.39 is 9.84 Å². The van der Waals surface area contributed by atoms with Gasteiger partial charge in [0.2, 0.25) is 5.89 Å². The molecule has 0 aliphatic carbocycles. The number of aromatic nitrogens is 1. The number of aliphatic imine (C=N–C) groups is 1. The van der Waals surface area contributed by atoms with Crippen LogP contribution in [0.25, 0.3) is 0 Å². The van der Waals surface area contributed by atoms with Crippen LogP contribution in [0.1, 0.15) is 50.5 Å². The Morgan fingerprint density at radius 3 is 2.45 bits per heavy atom. The Kier molecular flexibility index (Phi) is 9.13. The van der Waals surface area contributed by atoms with E-state index in [1.165, 1.54) is 6.26 Å². The maximum absolute atomic E-state index is 11.7. The van der Waals surface area contributed by atoms with Crippen molar-refractivity contribution < 1.29 is 12.8 Å². The standard InChI is InChI=1S/C20H30N4O3S.HI/c1-7-21-19(24-13-18-22-12-17(27-18)20(3,4)5)23-11-15-8-9-16(14(2)10-15)28(6,25)26;/h8-10,12H,7,11,13H2,1-6H3,(H2,21,23,24);1H. The van der Waals surface area contributed by atoms with Crippen LogP contribution in [-0.4, -0.2) is 32.2 Å². The van der Waals surface area contributed by atoms with Crippen LogP contribution in [-0.2, 0) is 28.3 Å². The molecule has 9 heteroatoms. The van der Waals surface area contributed by atoms with Gasteiger partial charge in [-0.05, 0) is 31.0 Å². The topological polar surface area (TPSA) is 96.6 Å². The Morgan fingerprint density at radius 2 is 1.93 bits per heavy atom. The van der Waals surface area contributed by atoms with Crippen LogP contribution in [0.3, 0.4) is 0 Å². The van der Waals surface area contributed by atoms with E-state index in [1.54, 1.807) is 25.3 Å². The molecular formula is C20H31IN4O3S. The minimum Gasteiger partial charge on any atom is -0.443 e. The molecule has 7 nitrogen and oxygen atoms in total. The normalized spacial score (nSPS) is 12.4. The van der Waals surface area contributed by atoms with E-state index >= 15 is 0 Å². The maximum atomic E-state index is 11.7. The van der Waals surface area contributed by atoms with Gasteiger partial charge in [0.05, 0.1) is 24.2 Å². The third-order valence-electron chi connectivity index (χ3n) is 4.10. The van der Waals surface area contributed by atoms with Crippen molar-refractivity contribution in [2.45, 2.75) is 58.0 Å². The average Bonchev–Trinajstić information content (AvgIpc) is 3.05. The highest BCUT2D eigenvalue weighted by Crippen LogP contribution is 2.22. The minimum atomic E-state index is -3.22. The smallest absolute Gasteiger partial charge is 0.213 e. The van der Waals surface area contributed by atoms with E-state index in [4.69, 9.17) is 4.42 Å². The Bertz CT molecular complexity index is 947. The van der Waals surface area contributed by atoms with Crippen molar-refractivity contribution in [2.24, 2.45) is 4.99 Å². The molecule has 0 bridgehead atoms. The Hall–Kier alpha value is -1.62. The van der Waals surface area contributed by atoms with Crippen molar-refractivity contribution >= 4 is 39.8 Å². The zero-order valence-electron chi connectivity index (χ0n) is 17.9. The average molecular weight is 534 g/mol. The lowest BCUT2D eigenvalue weighted by molar-refractivity contribution is 0.379. The van der Waals surface area contributed by atoms with Crippen LogP contribution in [0.2, 0.25) is 0 Å². The number of halogens is 1. The first-order valence-electron chi connectivity index (χ1n) is 9.27. The molecule has 2 rings (SSSR count). The first kappa shape index (κ1) is 25.4. The van der Waals surface area contributed by atoms with Gasteiger partial charge in [-0.2, -0.15) is 0 Å². The summed E-state index contributed by atoms with van der Waals surface area (Å²) in [5.41, 5.74) is 1.58. The van der Waals surface area contributed by atoms with Crippen LogP contribution >= 0.6 is 24.0 Å². The number of guanidine groups is 1. The molecule has 0 saturated carbocycles. The van der Waals surface area contributed by atoms with Crippen molar-refractivity contribution in [2.75, 3.05) is 12.8 Å². The van der Waals surface area contributed by atoms with Crippen molar-refractivity contribution in [1.82, 2.24) is 15.6 Å². The third kappa shape index (κ3) is 7.61. The SMILES string of the molecule is CCNC(=NCc1ccc(S(C)(=O)=O)c(C)c1)NCc1ncc(C(C)(C)C)o1.I. The zero-order valence-corrected chi connectivity index (χ0v) is 21.0. The van der Waals surface area contributed by atoms with Gasteiger partial charge in [-0.1, -0.05) is 32.9 Å². The Labute approximate surface area is 190 Å². The molecule has 0 amide bonds. The van der Waals surface area contributed by atoms with Gasteiger partial charge in [-0.25, -0.2) is 18.4 Å². The molecule has 0 unspecified atom stereocenters. The molecule has 0 saturated heterocycles. The number of benzene rings is 1. The van der Waals surface area contributed by atoms with Crippen molar-refractivity contribution in [3.8, 4) is 0 Å². The van der Waals surface area contributed by atoms with Crippen LogP contribution in [0.5, 0.6) is 0 Å². The van der Waals surface area contributed by atoms with Crippen molar-refractivity contribution in [3.05, 3.63) is 47.2 Å². The monoisotopic (exact) mass is 534 g/mol. The number of nitrogens with one attached hydrogen (secondary N) is 2. The Morgan fingerprint density at radius 1 is 1.24 bits per heavy atom. The fraction of sp³-hybridized carbons (Fsp3) is 0.500. The second-order valence-corrected chi connectivity index (χ2v) is 9.77. The van der Waals surface area contributed by atoms with E-state index in [1.807, 2.05) is 13.0 Å². The summed E-state index contributed by atoms with van der Waals surface area (Å²) >= 11 is 0. The van der Waals surface area contributed by atoms with Gasteiger partial charge in [-0.3, -0.25) is 0 Å². The fourth-order valence-electron chi connectivity index (χ4n) is 2.64. The lowest BCUT2D eigenvalue weighted by Crippen LogP contribution is -2.36. The van der Waals surface area contributed by atoms with Crippen molar-refractivity contribution in [1.29, 1.82) is 0 Å². The summed E-state index contributed by atoms with van der Waals surface area (Å²) in [4.78, 5) is 9.22. The van der Waals surface area contributed by atoms with Crippen LogP contribution < -0.4 is 10.6 Å². The number of oxazole rings is 1. The fourth-order valence-corrected chi connectivity index (χ4v) is 3.60. The number of rotatable bonds is 6. The minimum absolute atomic E-state index is 0.